The highest BCUT2D eigenvalue weighted by molar-refractivity contribution is 8.02. The van der Waals surface area contributed by atoms with Gasteiger partial charge in [-0.25, -0.2) is 4.98 Å². The van der Waals surface area contributed by atoms with Gasteiger partial charge in [0.1, 0.15) is 6.33 Å². The molecule has 0 fully saturated rings. The standard InChI is InChI=1S/C14H10N4S3/c1-3-9-7-11(14-15-8-16-21-14)17-13(9)10(4-1)18-20-12-5-2-6-19-12/h1-8,17-18H. The van der Waals surface area contributed by atoms with Gasteiger partial charge < -0.3 is 9.71 Å². The number of aromatic amines is 1. The highest BCUT2D eigenvalue weighted by Gasteiger charge is 2.09. The normalized spacial score (nSPS) is 11.0. The Bertz CT molecular complexity index is 850. The molecular weight excluding hydrogens is 320 g/mol. The highest BCUT2D eigenvalue weighted by atomic mass is 32.2. The van der Waals surface area contributed by atoms with E-state index in [2.05, 4.69) is 60.8 Å². The van der Waals surface area contributed by atoms with E-state index in [1.807, 2.05) is 0 Å². The van der Waals surface area contributed by atoms with Crippen molar-refractivity contribution in [3.8, 4) is 10.7 Å². The summed E-state index contributed by atoms with van der Waals surface area (Å²) >= 11 is 4.74. The number of hydrogen-bond acceptors (Lipinski definition) is 6. The molecule has 104 valence electrons. The molecule has 1 aromatic carbocycles. The van der Waals surface area contributed by atoms with Gasteiger partial charge in [-0.3, -0.25) is 0 Å². The van der Waals surface area contributed by atoms with Gasteiger partial charge in [-0.1, -0.05) is 18.2 Å². The first-order valence-electron chi connectivity index (χ1n) is 6.25. The molecule has 0 aliphatic rings. The summed E-state index contributed by atoms with van der Waals surface area (Å²) in [6.45, 7) is 0. The lowest BCUT2D eigenvalue weighted by atomic mass is 10.2. The molecule has 0 spiro atoms. The number of hydrogen-bond donors (Lipinski definition) is 2. The molecule has 0 aliphatic carbocycles. The van der Waals surface area contributed by atoms with E-state index in [4.69, 9.17) is 0 Å². The zero-order valence-electron chi connectivity index (χ0n) is 10.7. The molecule has 7 heteroatoms. The first-order valence-corrected chi connectivity index (χ1v) is 8.72. The third kappa shape index (κ3) is 2.55. The van der Waals surface area contributed by atoms with Crippen molar-refractivity contribution in [2.75, 3.05) is 4.72 Å². The molecule has 4 rings (SSSR count). The Morgan fingerprint density at radius 2 is 2.19 bits per heavy atom. The number of H-pyrrole nitrogens is 1. The van der Waals surface area contributed by atoms with Gasteiger partial charge in [0, 0.05) is 5.39 Å². The van der Waals surface area contributed by atoms with Crippen LogP contribution in [0.2, 0.25) is 0 Å². The van der Waals surface area contributed by atoms with Crippen LogP contribution in [0.3, 0.4) is 0 Å². The Labute approximate surface area is 133 Å². The summed E-state index contributed by atoms with van der Waals surface area (Å²) in [6.07, 6.45) is 1.58. The summed E-state index contributed by atoms with van der Waals surface area (Å²) in [4.78, 5) is 7.68. The van der Waals surface area contributed by atoms with E-state index in [0.29, 0.717) is 0 Å². The van der Waals surface area contributed by atoms with Crippen LogP contribution in [-0.4, -0.2) is 14.3 Å². The van der Waals surface area contributed by atoms with E-state index in [9.17, 15) is 0 Å². The zero-order chi connectivity index (χ0) is 14.1. The Morgan fingerprint density at radius 3 is 3.00 bits per heavy atom. The second-order valence-corrected chi connectivity index (χ2v) is 7.17. The Hall–Kier alpha value is -1.83. The van der Waals surface area contributed by atoms with Gasteiger partial charge >= 0.3 is 0 Å². The van der Waals surface area contributed by atoms with Gasteiger partial charge in [-0.15, -0.1) is 11.3 Å². The summed E-state index contributed by atoms with van der Waals surface area (Å²) in [5, 5.41) is 4.15. The molecular formula is C14H10N4S3. The number of fused-ring (bicyclic) bond motifs is 1. The lowest BCUT2D eigenvalue weighted by molar-refractivity contribution is 1.31. The Balaban J connectivity index is 1.69. The smallest absolute Gasteiger partial charge is 0.159 e. The largest absolute Gasteiger partial charge is 0.351 e. The summed E-state index contributed by atoms with van der Waals surface area (Å²) in [6, 6.07) is 12.5. The summed E-state index contributed by atoms with van der Waals surface area (Å²) in [5.74, 6) is 0. The van der Waals surface area contributed by atoms with Gasteiger partial charge in [0.15, 0.2) is 5.01 Å². The van der Waals surface area contributed by atoms with Gasteiger partial charge in [0.2, 0.25) is 0 Å². The van der Waals surface area contributed by atoms with Crippen LogP contribution in [0.5, 0.6) is 0 Å². The zero-order valence-corrected chi connectivity index (χ0v) is 13.2. The van der Waals surface area contributed by atoms with Crippen LogP contribution in [-0.2, 0) is 0 Å². The van der Waals surface area contributed by atoms with Crippen molar-refractivity contribution in [2.45, 2.75) is 4.21 Å². The van der Waals surface area contributed by atoms with Crippen molar-refractivity contribution < 1.29 is 0 Å². The average molecular weight is 330 g/mol. The molecule has 0 saturated heterocycles. The van der Waals surface area contributed by atoms with Crippen LogP contribution in [0, 0.1) is 0 Å². The van der Waals surface area contributed by atoms with Crippen molar-refractivity contribution in [3.05, 3.63) is 48.1 Å². The number of rotatable bonds is 4. The van der Waals surface area contributed by atoms with E-state index >= 15 is 0 Å². The van der Waals surface area contributed by atoms with Gasteiger partial charge in [-0.05, 0) is 47.1 Å². The summed E-state index contributed by atoms with van der Waals surface area (Å²) < 4.78 is 8.70. The molecule has 0 radical (unpaired) electrons. The molecule has 4 aromatic rings. The van der Waals surface area contributed by atoms with E-state index in [1.54, 1.807) is 29.6 Å². The van der Waals surface area contributed by atoms with Crippen molar-refractivity contribution in [3.63, 3.8) is 0 Å². The molecule has 21 heavy (non-hydrogen) atoms. The fraction of sp³-hybridized carbons (Fsp3) is 0. The summed E-state index contributed by atoms with van der Waals surface area (Å²) in [7, 11) is 0. The topological polar surface area (TPSA) is 53.6 Å². The maximum Gasteiger partial charge on any atom is 0.159 e. The molecule has 3 aromatic heterocycles. The van der Waals surface area contributed by atoms with E-state index in [-0.39, 0.29) is 0 Å². The average Bonchev–Trinajstić information content (AvgIpc) is 3.23. The Morgan fingerprint density at radius 1 is 1.19 bits per heavy atom. The molecule has 0 bridgehead atoms. The van der Waals surface area contributed by atoms with Crippen LogP contribution >= 0.6 is 34.8 Å². The fourth-order valence-electron chi connectivity index (χ4n) is 2.08. The molecule has 0 aliphatic heterocycles. The molecule has 0 atom stereocenters. The predicted octanol–water partition coefficient (Wildman–Crippen LogP) is 4.87. The van der Waals surface area contributed by atoms with Crippen molar-refractivity contribution in [1.82, 2.24) is 14.3 Å². The van der Waals surface area contributed by atoms with Crippen LogP contribution < -0.4 is 4.72 Å². The SMILES string of the molecule is c1csc(SNc2cccc3cc(-c4ncns4)[nH]c23)c1. The van der Waals surface area contributed by atoms with Crippen LogP contribution in [0.15, 0.2) is 52.3 Å². The van der Waals surface area contributed by atoms with E-state index < -0.39 is 0 Å². The molecule has 0 amide bonds. The maximum atomic E-state index is 4.25. The molecule has 3 heterocycles. The van der Waals surface area contributed by atoms with Gasteiger partial charge in [0.05, 0.1) is 21.1 Å². The number of nitrogens with zero attached hydrogens (tertiary/aromatic N) is 2. The maximum absolute atomic E-state index is 4.25. The quantitative estimate of drug-likeness (QED) is 0.524. The number of para-hydroxylation sites is 1. The minimum Gasteiger partial charge on any atom is -0.351 e. The monoisotopic (exact) mass is 330 g/mol. The van der Waals surface area contributed by atoms with Crippen LogP contribution in [0.1, 0.15) is 0 Å². The molecule has 0 unspecified atom stereocenters. The van der Waals surface area contributed by atoms with Crippen molar-refractivity contribution >= 4 is 51.4 Å². The van der Waals surface area contributed by atoms with E-state index in [1.165, 1.54) is 15.7 Å². The van der Waals surface area contributed by atoms with Crippen molar-refractivity contribution in [2.24, 2.45) is 0 Å². The Kier molecular flexibility index (Phi) is 3.38. The second-order valence-electron chi connectivity index (χ2n) is 4.34. The number of benzene rings is 1. The van der Waals surface area contributed by atoms with Crippen molar-refractivity contribution in [1.29, 1.82) is 0 Å². The molecule has 0 saturated carbocycles. The number of nitrogens with one attached hydrogen (secondary N) is 2. The molecule has 4 nitrogen and oxygen atoms in total. The first kappa shape index (κ1) is 12.9. The number of thiophene rings is 1. The predicted molar refractivity (Wildman–Crippen MR) is 91.0 cm³/mol. The lowest BCUT2D eigenvalue weighted by Crippen LogP contribution is -1.86. The third-order valence-electron chi connectivity index (χ3n) is 3.00. The van der Waals surface area contributed by atoms with Gasteiger partial charge in [0.25, 0.3) is 0 Å². The first-order chi connectivity index (χ1) is 10.4. The minimum absolute atomic E-state index is 0.906. The van der Waals surface area contributed by atoms with Crippen LogP contribution in [0.25, 0.3) is 21.6 Å². The number of anilines is 1. The van der Waals surface area contributed by atoms with Crippen LogP contribution in [0.4, 0.5) is 5.69 Å². The summed E-state index contributed by atoms with van der Waals surface area (Å²) in [5.41, 5.74) is 3.16. The third-order valence-corrected chi connectivity index (χ3v) is 5.56. The fourth-order valence-corrected chi connectivity index (χ4v) is 4.03. The minimum atomic E-state index is 0.906. The van der Waals surface area contributed by atoms with Gasteiger partial charge in [-0.2, -0.15) is 4.37 Å². The second kappa shape index (κ2) is 5.51. The molecule has 2 N–H and O–H groups in total. The lowest BCUT2D eigenvalue weighted by Gasteiger charge is -2.04. The highest BCUT2D eigenvalue weighted by Crippen LogP contribution is 2.32. The van der Waals surface area contributed by atoms with E-state index in [0.717, 1.165) is 27.3 Å². The number of aromatic nitrogens is 3.